The summed E-state index contributed by atoms with van der Waals surface area (Å²) >= 11 is 0. The molecule has 0 unspecified atom stereocenters. The molecule has 0 aliphatic carbocycles. The molecule has 0 saturated heterocycles. The Hall–Kier alpha value is -3.67. The first-order valence-corrected chi connectivity index (χ1v) is 9.09. The quantitative estimate of drug-likeness (QED) is 0.319. The molecule has 6 nitrogen and oxygen atoms in total. The van der Waals surface area contributed by atoms with Crippen LogP contribution in [0.2, 0.25) is 0 Å². The number of aromatic nitrogens is 3. The molecular formula is C22H19N3O3. The van der Waals surface area contributed by atoms with Crippen molar-refractivity contribution < 1.29 is 9.53 Å². The minimum absolute atomic E-state index is 0.158. The van der Waals surface area contributed by atoms with Gasteiger partial charge in [-0.3, -0.25) is 4.57 Å². The van der Waals surface area contributed by atoms with Gasteiger partial charge in [-0.25, -0.2) is 14.6 Å². The Morgan fingerprint density at radius 3 is 2.82 bits per heavy atom. The zero-order valence-electron chi connectivity index (χ0n) is 15.2. The molecule has 0 spiro atoms. The third kappa shape index (κ3) is 3.86. The highest BCUT2D eigenvalue weighted by Gasteiger charge is 2.06. The van der Waals surface area contributed by atoms with Crippen LogP contribution in [0, 0.1) is 0 Å². The van der Waals surface area contributed by atoms with Crippen molar-refractivity contribution in [1.82, 2.24) is 14.5 Å². The predicted octanol–water partition coefficient (Wildman–Crippen LogP) is 3.52. The molecule has 0 atom stereocenters. The molecule has 0 aliphatic rings. The molecule has 0 bridgehead atoms. The van der Waals surface area contributed by atoms with E-state index in [0.29, 0.717) is 18.7 Å². The number of fused-ring (bicyclic) bond motifs is 2. The normalized spacial score (nSPS) is 11.4. The predicted molar refractivity (Wildman–Crippen MR) is 109 cm³/mol. The lowest BCUT2D eigenvalue weighted by Gasteiger charge is -2.04. The van der Waals surface area contributed by atoms with Crippen molar-refractivity contribution in [3.05, 3.63) is 82.9 Å². The number of imidazole rings is 1. The van der Waals surface area contributed by atoms with Gasteiger partial charge in [-0.1, -0.05) is 36.4 Å². The van der Waals surface area contributed by atoms with Gasteiger partial charge in [-0.05, 0) is 36.8 Å². The Morgan fingerprint density at radius 1 is 1.07 bits per heavy atom. The van der Waals surface area contributed by atoms with E-state index in [4.69, 9.17) is 4.74 Å². The summed E-state index contributed by atoms with van der Waals surface area (Å²) in [7, 11) is 0. The number of hydrogen-bond donors (Lipinski definition) is 1. The molecule has 2 aromatic carbocycles. The molecule has 6 heteroatoms. The Morgan fingerprint density at radius 2 is 1.89 bits per heavy atom. The molecule has 2 aromatic heterocycles. The highest BCUT2D eigenvalue weighted by Crippen LogP contribution is 2.12. The third-order valence-corrected chi connectivity index (χ3v) is 4.46. The van der Waals surface area contributed by atoms with Crippen LogP contribution in [0.3, 0.4) is 0 Å². The second-order valence-corrected chi connectivity index (χ2v) is 6.38. The Bertz CT molecular complexity index is 1220. The van der Waals surface area contributed by atoms with Crippen LogP contribution < -0.4 is 5.69 Å². The van der Waals surface area contributed by atoms with Gasteiger partial charge in [-0.15, -0.1) is 0 Å². The average molecular weight is 373 g/mol. The van der Waals surface area contributed by atoms with E-state index in [-0.39, 0.29) is 12.3 Å². The second kappa shape index (κ2) is 7.92. The van der Waals surface area contributed by atoms with Gasteiger partial charge in [0.15, 0.2) is 0 Å². The van der Waals surface area contributed by atoms with E-state index in [1.807, 2.05) is 60.7 Å². The number of hydrogen-bond acceptors (Lipinski definition) is 4. The smallest absolute Gasteiger partial charge is 0.330 e. The van der Waals surface area contributed by atoms with Gasteiger partial charge in [0.05, 0.1) is 28.9 Å². The lowest BCUT2D eigenvalue weighted by atomic mass is 10.2. The number of aryl methyl sites for hydroxylation is 1. The van der Waals surface area contributed by atoms with Crippen LogP contribution >= 0.6 is 0 Å². The fourth-order valence-electron chi connectivity index (χ4n) is 3.10. The number of carbonyl (C=O) groups is 1. The summed E-state index contributed by atoms with van der Waals surface area (Å²) in [6.45, 7) is 0.715. The van der Waals surface area contributed by atoms with Gasteiger partial charge in [-0.2, -0.15) is 0 Å². The number of ether oxygens (including phenoxy) is 1. The highest BCUT2D eigenvalue weighted by atomic mass is 16.5. The van der Waals surface area contributed by atoms with E-state index >= 15 is 0 Å². The Kier molecular flexibility index (Phi) is 5.01. The summed E-state index contributed by atoms with van der Waals surface area (Å²) < 4.78 is 6.87. The third-order valence-electron chi connectivity index (χ3n) is 4.46. The van der Waals surface area contributed by atoms with Gasteiger partial charge in [0.25, 0.3) is 0 Å². The minimum Gasteiger partial charge on any atom is -0.462 e. The molecule has 0 aliphatic heterocycles. The first kappa shape index (κ1) is 17.7. The Balaban J connectivity index is 1.31. The Labute approximate surface area is 161 Å². The number of carbonyl (C=O) groups excluding carboxylic acids is 1. The number of para-hydroxylation sites is 3. The molecular weight excluding hydrogens is 354 g/mol. The van der Waals surface area contributed by atoms with Crippen molar-refractivity contribution >= 4 is 34.0 Å². The molecule has 0 saturated carbocycles. The van der Waals surface area contributed by atoms with Crippen LogP contribution in [-0.2, 0) is 16.1 Å². The van der Waals surface area contributed by atoms with Gasteiger partial charge in [0, 0.05) is 18.0 Å². The van der Waals surface area contributed by atoms with E-state index < -0.39 is 5.97 Å². The molecule has 0 radical (unpaired) electrons. The number of pyridine rings is 1. The van der Waals surface area contributed by atoms with E-state index in [9.17, 15) is 9.59 Å². The lowest BCUT2D eigenvalue weighted by molar-refractivity contribution is -0.137. The van der Waals surface area contributed by atoms with Crippen LogP contribution in [0.25, 0.3) is 28.0 Å². The number of rotatable bonds is 6. The van der Waals surface area contributed by atoms with Gasteiger partial charge < -0.3 is 9.72 Å². The largest absolute Gasteiger partial charge is 0.462 e. The number of aromatic amines is 1. The maximum Gasteiger partial charge on any atom is 0.330 e. The van der Waals surface area contributed by atoms with Crippen LogP contribution in [0.4, 0.5) is 0 Å². The van der Waals surface area contributed by atoms with Crippen LogP contribution in [-0.4, -0.2) is 27.1 Å². The zero-order valence-corrected chi connectivity index (χ0v) is 15.2. The number of esters is 1. The molecule has 0 amide bonds. The molecule has 0 fully saturated rings. The fraction of sp³-hybridized carbons (Fsp3) is 0.136. The van der Waals surface area contributed by atoms with Crippen LogP contribution in [0.15, 0.2) is 71.5 Å². The van der Waals surface area contributed by atoms with Crippen molar-refractivity contribution in [1.29, 1.82) is 0 Å². The van der Waals surface area contributed by atoms with E-state index in [1.54, 1.807) is 10.6 Å². The van der Waals surface area contributed by atoms with E-state index in [2.05, 4.69) is 9.97 Å². The van der Waals surface area contributed by atoms with E-state index in [0.717, 1.165) is 21.9 Å². The van der Waals surface area contributed by atoms with Crippen molar-refractivity contribution in [3.63, 3.8) is 0 Å². The molecule has 2 heterocycles. The van der Waals surface area contributed by atoms with Crippen molar-refractivity contribution in [2.24, 2.45) is 0 Å². The molecule has 140 valence electrons. The van der Waals surface area contributed by atoms with Crippen molar-refractivity contribution in [2.75, 3.05) is 6.61 Å². The summed E-state index contributed by atoms with van der Waals surface area (Å²) in [5.74, 6) is -0.429. The van der Waals surface area contributed by atoms with Gasteiger partial charge in [0.1, 0.15) is 0 Å². The summed E-state index contributed by atoms with van der Waals surface area (Å²) in [6.07, 6.45) is 3.56. The van der Waals surface area contributed by atoms with Gasteiger partial charge in [0.2, 0.25) is 0 Å². The topological polar surface area (TPSA) is 77.0 Å². The maximum atomic E-state index is 12.0. The summed E-state index contributed by atoms with van der Waals surface area (Å²) in [5.41, 5.74) is 3.06. The second-order valence-electron chi connectivity index (χ2n) is 6.38. The number of nitrogens with zero attached hydrogens (tertiary/aromatic N) is 2. The summed E-state index contributed by atoms with van der Waals surface area (Å²) in [6, 6.07) is 19.1. The molecule has 4 rings (SSSR count). The lowest BCUT2D eigenvalue weighted by Crippen LogP contribution is -2.18. The first-order chi connectivity index (χ1) is 13.7. The average Bonchev–Trinajstić information content (AvgIpc) is 3.04. The molecule has 28 heavy (non-hydrogen) atoms. The molecule has 1 N–H and O–H groups in total. The standard InChI is InChI=1S/C22H19N3O3/c26-21(13-12-17-11-10-16-6-1-2-7-18(16)23-17)28-15-5-14-25-20-9-4-3-8-19(20)24-22(25)27/h1-4,6-13H,5,14-15H2,(H,24,27). The molecule has 4 aromatic rings. The number of benzene rings is 2. The van der Waals surface area contributed by atoms with Gasteiger partial charge >= 0.3 is 11.7 Å². The van der Waals surface area contributed by atoms with Crippen molar-refractivity contribution in [3.8, 4) is 0 Å². The van der Waals surface area contributed by atoms with E-state index in [1.165, 1.54) is 6.08 Å². The summed E-state index contributed by atoms with van der Waals surface area (Å²) in [4.78, 5) is 31.2. The van der Waals surface area contributed by atoms with Crippen LogP contribution in [0.5, 0.6) is 0 Å². The summed E-state index contributed by atoms with van der Waals surface area (Å²) in [5, 5.41) is 1.05. The maximum absolute atomic E-state index is 12.0. The highest BCUT2D eigenvalue weighted by molar-refractivity contribution is 5.87. The number of nitrogens with one attached hydrogen (secondary N) is 1. The first-order valence-electron chi connectivity index (χ1n) is 9.09. The van der Waals surface area contributed by atoms with Crippen molar-refractivity contribution in [2.45, 2.75) is 13.0 Å². The minimum atomic E-state index is -0.429. The SMILES string of the molecule is O=C(C=Cc1ccc2ccccc2n1)OCCCn1c(=O)[nH]c2ccccc21. The zero-order chi connectivity index (χ0) is 19.3. The number of H-pyrrole nitrogens is 1. The fourth-order valence-corrected chi connectivity index (χ4v) is 3.10. The monoisotopic (exact) mass is 373 g/mol. The van der Waals surface area contributed by atoms with Crippen LogP contribution in [0.1, 0.15) is 12.1 Å².